The minimum Gasteiger partial charge on any atom is -0.289 e. The lowest BCUT2D eigenvalue weighted by molar-refractivity contribution is 0.102. The first-order valence-electron chi connectivity index (χ1n) is 8.97. The van der Waals surface area contributed by atoms with Gasteiger partial charge >= 0.3 is 0 Å². The number of carbonyl (C=O) groups excluding carboxylic acids is 1. The second-order valence-corrected chi connectivity index (χ2v) is 6.45. The Morgan fingerprint density at radius 1 is 0.862 bits per heavy atom. The van der Waals surface area contributed by atoms with Crippen molar-refractivity contribution in [1.82, 2.24) is 19.6 Å². The van der Waals surface area contributed by atoms with Crippen molar-refractivity contribution >= 4 is 28.4 Å². The van der Waals surface area contributed by atoms with E-state index in [2.05, 4.69) is 15.4 Å². The van der Waals surface area contributed by atoms with Crippen molar-refractivity contribution in [2.24, 2.45) is 0 Å². The average molecular weight is 383 g/mol. The Labute approximate surface area is 164 Å². The number of aromatic nitrogens is 4. The highest BCUT2D eigenvalue weighted by Crippen LogP contribution is 2.25. The third kappa shape index (κ3) is 3.08. The van der Waals surface area contributed by atoms with Crippen molar-refractivity contribution in [3.8, 4) is 11.4 Å². The second-order valence-electron chi connectivity index (χ2n) is 6.45. The van der Waals surface area contributed by atoms with Crippen molar-refractivity contribution in [1.29, 1.82) is 0 Å². The van der Waals surface area contributed by atoms with Crippen LogP contribution in [-0.2, 0) is 0 Å². The molecule has 0 radical (unpaired) electrons. The summed E-state index contributed by atoms with van der Waals surface area (Å²) in [6.07, 6.45) is 0. The van der Waals surface area contributed by atoms with Crippen LogP contribution in [0.4, 0.5) is 10.3 Å². The molecular weight excluding hydrogens is 369 g/mol. The Hall–Kier alpha value is -4.13. The van der Waals surface area contributed by atoms with Crippen LogP contribution in [0.5, 0.6) is 0 Å². The number of carbonyl (C=O) groups is 1. The number of nitrogens with one attached hydrogen (secondary N) is 1. The van der Waals surface area contributed by atoms with Crippen LogP contribution in [0.2, 0.25) is 0 Å². The standard InChI is InChI=1S/C22H14FN5O/c23-16-12-10-15(11-13-16)21(29)26-22-25-20-17-8-4-5-9-18(17)24-19(28(20)27-22)14-6-2-1-3-7-14/h1-13H,(H,26,27,29). The predicted octanol–water partition coefficient (Wildman–Crippen LogP) is 4.34. The van der Waals surface area contributed by atoms with Crippen LogP contribution < -0.4 is 5.32 Å². The lowest BCUT2D eigenvalue weighted by Crippen LogP contribution is -2.13. The largest absolute Gasteiger partial charge is 0.289 e. The van der Waals surface area contributed by atoms with E-state index in [0.29, 0.717) is 17.0 Å². The summed E-state index contributed by atoms with van der Waals surface area (Å²) >= 11 is 0. The molecule has 0 unspecified atom stereocenters. The highest BCUT2D eigenvalue weighted by atomic mass is 19.1. The molecule has 0 aliphatic rings. The highest BCUT2D eigenvalue weighted by Gasteiger charge is 2.16. The van der Waals surface area contributed by atoms with Gasteiger partial charge in [0, 0.05) is 16.5 Å². The van der Waals surface area contributed by atoms with Crippen molar-refractivity contribution in [3.05, 3.63) is 90.2 Å². The highest BCUT2D eigenvalue weighted by molar-refractivity contribution is 6.03. The van der Waals surface area contributed by atoms with Gasteiger partial charge in [-0.1, -0.05) is 42.5 Å². The molecule has 0 atom stereocenters. The summed E-state index contributed by atoms with van der Waals surface area (Å²) in [5, 5.41) is 7.96. The third-order valence-electron chi connectivity index (χ3n) is 4.54. The van der Waals surface area contributed by atoms with Gasteiger partial charge < -0.3 is 0 Å². The molecule has 2 heterocycles. The summed E-state index contributed by atoms with van der Waals surface area (Å²) in [5.74, 6) is -0.0550. The minimum absolute atomic E-state index is 0.148. The predicted molar refractivity (Wildman–Crippen MR) is 108 cm³/mol. The fraction of sp³-hybridized carbons (Fsp3) is 0. The summed E-state index contributed by atoms with van der Waals surface area (Å²) in [6, 6.07) is 22.6. The Kier molecular flexibility index (Phi) is 3.98. The maximum absolute atomic E-state index is 13.1. The molecule has 6 nitrogen and oxygen atoms in total. The van der Waals surface area contributed by atoms with E-state index in [9.17, 15) is 9.18 Å². The first-order chi connectivity index (χ1) is 14.2. The Balaban J connectivity index is 1.64. The Morgan fingerprint density at radius 2 is 1.59 bits per heavy atom. The van der Waals surface area contributed by atoms with E-state index in [1.807, 2.05) is 54.6 Å². The van der Waals surface area contributed by atoms with Gasteiger partial charge in [0.1, 0.15) is 5.82 Å². The van der Waals surface area contributed by atoms with Crippen LogP contribution in [0.25, 0.3) is 27.9 Å². The Morgan fingerprint density at radius 3 is 2.38 bits per heavy atom. The van der Waals surface area contributed by atoms with E-state index >= 15 is 0 Å². The molecule has 2 aromatic heterocycles. The summed E-state index contributed by atoms with van der Waals surface area (Å²) in [6.45, 7) is 0. The molecule has 3 aromatic carbocycles. The van der Waals surface area contributed by atoms with Crippen LogP contribution in [0.15, 0.2) is 78.9 Å². The molecule has 1 N–H and O–H groups in total. The monoisotopic (exact) mass is 383 g/mol. The molecular formula is C22H14FN5O. The molecule has 0 bridgehead atoms. The second kappa shape index (κ2) is 6.79. The fourth-order valence-electron chi connectivity index (χ4n) is 3.16. The number of benzene rings is 3. The zero-order valence-electron chi connectivity index (χ0n) is 15.1. The molecule has 1 amide bonds. The van der Waals surface area contributed by atoms with Crippen LogP contribution in [0.1, 0.15) is 10.4 Å². The summed E-state index contributed by atoms with van der Waals surface area (Å²) in [5.41, 5.74) is 2.56. The zero-order valence-corrected chi connectivity index (χ0v) is 15.1. The van der Waals surface area contributed by atoms with Gasteiger partial charge in [-0.2, -0.15) is 9.50 Å². The Bertz CT molecular complexity index is 1350. The van der Waals surface area contributed by atoms with Crippen LogP contribution in [-0.4, -0.2) is 25.5 Å². The fourth-order valence-corrected chi connectivity index (χ4v) is 3.16. The van der Waals surface area contributed by atoms with Crippen molar-refractivity contribution < 1.29 is 9.18 Å². The number of halogens is 1. The summed E-state index contributed by atoms with van der Waals surface area (Å²) in [4.78, 5) is 21.7. The van der Waals surface area contributed by atoms with Crippen LogP contribution in [0, 0.1) is 5.82 Å². The SMILES string of the molecule is O=C(Nc1nc2c3ccccc3nc(-c3ccccc3)n2n1)c1ccc(F)cc1. The number of fused-ring (bicyclic) bond motifs is 3. The van der Waals surface area contributed by atoms with Crippen molar-refractivity contribution in [3.63, 3.8) is 0 Å². The van der Waals surface area contributed by atoms with Gasteiger partial charge in [0.15, 0.2) is 11.5 Å². The molecule has 29 heavy (non-hydrogen) atoms. The molecule has 0 saturated carbocycles. The molecule has 5 rings (SSSR count). The summed E-state index contributed by atoms with van der Waals surface area (Å²) in [7, 11) is 0. The first kappa shape index (κ1) is 17.0. The van der Waals surface area contributed by atoms with Gasteiger partial charge in [-0.3, -0.25) is 10.1 Å². The number of nitrogens with zero attached hydrogens (tertiary/aromatic N) is 4. The van der Waals surface area contributed by atoms with Gasteiger partial charge in [-0.05, 0) is 36.4 Å². The van der Waals surface area contributed by atoms with E-state index in [4.69, 9.17) is 4.98 Å². The molecule has 0 saturated heterocycles. The first-order valence-corrected chi connectivity index (χ1v) is 8.97. The quantitative estimate of drug-likeness (QED) is 0.503. The molecule has 0 spiro atoms. The van der Waals surface area contributed by atoms with E-state index in [1.54, 1.807) is 4.52 Å². The molecule has 0 fully saturated rings. The number of hydrogen-bond acceptors (Lipinski definition) is 4. The number of anilines is 1. The van der Waals surface area contributed by atoms with Crippen molar-refractivity contribution in [2.45, 2.75) is 0 Å². The maximum atomic E-state index is 13.1. The van der Waals surface area contributed by atoms with Gasteiger partial charge in [0.05, 0.1) is 5.52 Å². The number of amides is 1. The van der Waals surface area contributed by atoms with E-state index < -0.39 is 11.7 Å². The molecule has 7 heteroatoms. The number of rotatable bonds is 3. The normalized spacial score (nSPS) is 11.1. The molecule has 0 aliphatic carbocycles. The lowest BCUT2D eigenvalue weighted by atomic mass is 10.2. The topological polar surface area (TPSA) is 72.2 Å². The van der Waals surface area contributed by atoms with Gasteiger partial charge in [0.2, 0.25) is 5.95 Å². The van der Waals surface area contributed by atoms with Gasteiger partial charge in [0.25, 0.3) is 5.91 Å². The van der Waals surface area contributed by atoms with E-state index in [0.717, 1.165) is 16.5 Å². The van der Waals surface area contributed by atoms with E-state index in [-0.39, 0.29) is 5.95 Å². The van der Waals surface area contributed by atoms with Crippen LogP contribution in [0.3, 0.4) is 0 Å². The van der Waals surface area contributed by atoms with Gasteiger partial charge in [-0.15, -0.1) is 5.10 Å². The number of hydrogen-bond donors (Lipinski definition) is 1. The van der Waals surface area contributed by atoms with E-state index in [1.165, 1.54) is 24.3 Å². The van der Waals surface area contributed by atoms with Gasteiger partial charge in [-0.25, -0.2) is 9.37 Å². The zero-order chi connectivity index (χ0) is 19.8. The molecule has 5 aromatic rings. The molecule has 0 aliphatic heterocycles. The molecule has 140 valence electrons. The third-order valence-corrected chi connectivity index (χ3v) is 4.54. The smallest absolute Gasteiger partial charge is 0.258 e. The minimum atomic E-state index is -0.417. The average Bonchev–Trinajstić information content (AvgIpc) is 3.18. The van der Waals surface area contributed by atoms with Crippen molar-refractivity contribution in [2.75, 3.05) is 5.32 Å². The lowest BCUT2D eigenvalue weighted by Gasteiger charge is -2.06. The summed E-state index contributed by atoms with van der Waals surface area (Å²) < 4.78 is 14.7. The number of para-hydroxylation sites is 1. The van der Waals surface area contributed by atoms with Crippen LogP contribution >= 0.6 is 0 Å². The maximum Gasteiger partial charge on any atom is 0.258 e.